The third-order valence-corrected chi connectivity index (χ3v) is 4.43. The number of nitrogens with zero attached hydrogens (tertiary/aromatic N) is 2. The van der Waals surface area contributed by atoms with Crippen LogP contribution in [0.1, 0.15) is 39.0 Å². The van der Waals surface area contributed by atoms with Crippen LogP contribution in [-0.2, 0) is 0 Å². The third-order valence-electron chi connectivity index (χ3n) is 4.43. The van der Waals surface area contributed by atoms with Gasteiger partial charge in [-0.15, -0.1) is 0 Å². The number of hydrogen-bond acceptors (Lipinski definition) is 5. The molecule has 1 aromatic carbocycles. The van der Waals surface area contributed by atoms with Gasteiger partial charge in [0.15, 0.2) is 0 Å². The van der Waals surface area contributed by atoms with E-state index in [4.69, 9.17) is 4.74 Å². The molecule has 1 aliphatic rings. The minimum Gasteiger partial charge on any atom is -0.491 e. The Bertz CT molecular complexity index is 486. The summed E-state index contributed by atoms with van der Waals surface area (Å²) in [5.41, 5.74) is 0.0346. The van der Waals surface area contributed by atoms with Gasteiger partial charge < -0.3 is 9.84 Å². The van der Waals surface area contributed by atoms with Gasteiger partial charge in [0.2, 0.25) is 0 Å². The second-order valence-corrected chi connectivity index (χ2v) is 6.10. The van der Waals surface area contributed by atoms with Gasteiger partial charge in [-0.3, -0.25) is 15.0 Å². The predicted molar refractivity (Wildman–Crippen MR) is 88.7 cm³/mol. The zero-order chi connectivity index (χ0) is 16.7. The van der Waals surface area contributed by atoms with Crippen LogP contribution in [0.2, 0.25) is 0 Å². The Kier molecular flexibility index (Phi) is 6.80. The van der Waals surface area contributed by atoms with Gasteiger partial charge in [-0.1, -0.05) is 26.2 Å². The van der Waals surface area contributed by atoms with Crippen LogP contribution in [0.3, 0.4) is 0 Å². The highest BCUT2D eigenvalue weighted by molar-refractivity contribution is 5.35. The zero-order valence-electron chi connectivity index (χ0n) is 13.7. The second-order valence-electron chi connectivity index (χ2n) is 6.10. The lowest BCUT2D eigenvalue weighted by Gasteiger charge is -2.34. The summed E-state index contributed by atoms with van der Waals surface area (Å²) in [4.78, 5) is 12.5. The molecule has 23 heavy (non-hydrogen) atoms. The number of rotatable bonds is 8. The smallest absolute Gasteiger partial charge is 0.269 e. The molecule has 0 aromatic heterocycles. The Balaban J connectivity index is 1.78. The van der Waals surface area contributed by atoms with Crippen molar-refractivity contribution in [2.24, 2.45) is 0 Å². The van der Waals surface area contributed by atoms with Gasteiger partial charge in [0.25, 0.3) is 5.69 Å². The van der Waals surface area contributed by atoms with Gasteiger partial charge in [0, 0.05) is 24.7 Å². The van der Waals surface area contributed by atoms with Crippen molar-refractivity contribution in [3.8, 4) is 5.75 Å². The van der Waals surface area contributed by atoms with E-state index in [0.29, 0.717) is 18.3 Å². The summed E-state index contributed by atoms with van der Waals surface area (Å²) in [7, 11) is 0. The fourth-order valence-electron chi connectivity index (χ4n) is 3.16. The van der Waals surface area contributed by atoms with Gasteiger partial charge in [-0.05, 0) is 31.5 Å². The first-order valence-electron chi connectivity index (χ1n) is 8.39. The Morgan fingerprint density at radius 1 is 1.30 bits per heavy atom. The summed E-state index contributed by atoms with van der Waals surface area (Å²) in [5.74, 6) is 0.537. The summed E-state index contributed by atoms with van der Waals surface area (Å²) >= 11 is 0. The quantitative estimate of drug-likeness (QED) is 0.588. The summed E-state index contributed by atoms with van der Waals surface area (Å²) < 4.78 is 5.54. The van der Waals surface area contributed by atoms with Gasteiger partial charge >= 0.3 is 0 Å². The van der Waals surface area contributed by atoms with E-state index in [-0.39, 0.29) is 12.3 Å². The van der Waals surface area contributed by atoms with Crippen molar-refractivity contribution < 1.29 is 14.8 Å². The van der Waals surface area contributed by atoms with E-state index in [1.807, 2.05) is 0 Å². The average Bonchev–Trinajstić information content (AvgIpc) is 2.59. The number of likely N-dealkylation sites (N-methyl/N-ethyl adjacent to an activating group) is 1. The number of non-ortho nitro benzene ring substituents is 1. The molecule has 0 spiro atoms. The molecule has 0 heterocycles. The number of aliphatic hydroxyl groups excluding tert-OH is 1. The maximum absolute atomic E-state index is 10.6. The number of hydrogen-bond donors (Lipinski definition) is 1. The van der Waals surface area contributed by atoms with E-state index < -0.39 is 11.0 Å². The van der Waals surface area contributed by atoms with Gasteiger partial charge in [-0.25, -0.2) is 0 Å². The molecule has 1 saturated carbocycles. The minimum atomic E-state index is -0.563. The summed E-state index contributed by atoms with van der Waals surface area (Å²) in [6.45, 7) is 3.85. The zero-order valence-corrected chi connectivity index (χ0v) is 13.7. The molecule has 128 valence electrons. The van der Waals surface area contributed by atoms with Crippen LogP contribution in [0.4, 0.5) is 5.69 Å². The van der Waals surface area contributed by atoms with Crippen molar-refractivity contribution in [1.29, 1.82) is 0 Å². The molecule has 1 N–H and O–H groups in total. The minimum absolute atomic E-state index is 0.0346. The Morgan fingerprint density at radius 3 is 2.52 bits per heavy atom. The van der Waals surface area contributed by atoms with Crippen LogP contribution in [-0.4, -0.2) is 46.8 Å². The van der Waals surface area contributed by atoms with E-state index in [9.17, 15) is 15.2 Å². The van der Waals surface area contributed by atoms with Crippen molar-refractivity contribution >= 4 is 5.69 Å². The molecule has 0 amide bonds. The molecule has 1 aromatic rings. The first kappa shape index (κ1) is 17.7. The highest BCUT2D eigenvalue weighted by atomic mass is 16.6. The van der Waals surface area contributed by atoms with E-state index in [1.165, 1.54) is 44.2 Å². The molecular formula is C17H26N2O4. The number of ether oxygens (including phenoxy) is 1. The van der Waals surface area contributed by atoms with Crippen molar-refractivity contribution in [3.05, 3.63) is 34.4 Å². The van der Waals surface area contributed by atoms with Crippen molar-refractivity contribution in [1.82, 2.24) is 4.90 Å². The van der Waals surface area contributed by atoms with E-state index in [1.54, 1.807) is 12.1 Å². The number of nitro groups is 1. The van der Waals surface area contributed by atoms with Crippen LogP contribution in [0.25, 0.3) is 0 Å². The van der Waals surface area contributed by atoms with Crippen LogP contribution in [0, 0.1) is 10.1 Å². The van der Waals surface area contributed by atoms with E-state index in [2.05, 4.69) is 11.8 Å². The van der Waals surface area contributed by atoms with E-state index in [0.717, 1.165) is 6.54 Å². The normalized spacial score (nSPS) is 17.2. The van der Waals surface area contributed by atoms with Gasteiger partial charge in [0.05, 0.1) is 4.92 Å². The van der Waals surface area contributed by atoms with Crippen molar-refractivity contribution in [3.63, 3.8) is 0 Å². The maximum Gasteiger partial charge on any atom is 0.269 e. The SMILES string of the molecule is CCN(C[C@H](O)COc1ccc([N+](=O)[O-])cc1)C1CCCCC1. The Labute approximate surface area is 137 Å². The monoisotopic (exact) mass is 322 g/mol. The van der Waals surface area contributed by atoms with Crippen molar-refractivity contribution in [2.75, 3.05) is 19.7 Å². The number of aliphatic hydroxyl groups is 1. The predicted octanol–water partition coefficient (Wildman–Crippen LogP) is 2.99. The van der Waals surface area contributed by atoms with Crippen molar-refractivity contribution in [2.45, 2.75) is 51.2 Å². The standard InChI is InChI=1S/C17H26N2O4/c1-2-18(14-6-4-3-5-7-14)12-16(20)13-23-17-10-8-15(9-11-17)19(21)22/h8-11,14,16,20H,2-7,12-13H2,1H3/t16-/m0/s1. The van der Waals surface area contributed by atoms with Gasteiger partial charge in [0.1, 0.15) is 18.5 Å². The molecular weight excluding hydrogens is 296 g/mol. The molecule has 6 nitrogen and oxygen atoms in total. The molecule has 0 unspecified atom stereocenters. The van der Waals surface area contributed by atoms with Crippen LogP contribution >= 0.6 is 0 Å². The molecule has 1 aliphatic carbocycles. The largest absolute Gasteiger partial charge is 0.491 e. The highest BCUT2D eigenvalue weighted by Gasteiger charge is 2.22. The molecule has 0 aliphatic heterocycles. The van der Waals surface area contributed by atoms with Crippen LogP contribution < -0.4 is 4.74 Å². The molecule has 0 saturated heterocycles. The fraction of sp³-hybridized carbons (Fsp3) is 0.647. The second kappa shape index (κ2) is 8.84. The van der Waals surface area contributed by atoms with Crippen LogP contribution in [0.5, 0.6) is 5.75 Å². The topological polar surface area (TPSA) is 75.8 Å². The maximum atomic E-state index is 10.6. The lowest BCUT2D eigenvalue weighted by atomic mass is 9.94. The molecule has 1 fully saturated rings. The van der Waals surface area contributed by atoms with Gasteiger partial charge in [-0.2, -0.15) is 0 Å². The van der Waals surface area contributed by atoms with Crippen LogP contribution in [0.15, 0.2) is 24.3 Å². The first-order chi connectivity index (χ1) is 11.1. The summed E-state index contributed by atoms with van der Waals surface area (Å²) in [5, 5.41) is 20.8. The number of benzene rings is 1. The average molecular weight is 322 g/mol. The molecule has 6 heteroatoms. The molecule has 0 radical (unpaired) electrons. The molecule has 1 atom stereocenters. The lowest BCUT2D eigenvalue weighted by molar-refractivity contribution is -0.384. The Hall–Kier alpha value is -1.66. The fourth-order valence-corrected chi connectivity index (χ4v) is 3.16. The lowest BCUT2D eigenvalue weighted by Crippen LogP contribution is -2.43. The first-order valence-corrected chi connectivity index (χ1v) is 8.39. The highest BCUT2D eigenvalue weighted by Crippen LogP contribution is 2.23. The Morgan fingerprint density at radius 2 is 1.96 bits per heavy atom. The third kappa shape index (κ3) is 5.48. The molecule has 2 rings (SSSR count). The molecule has 0 bridgehead atoms. The number of nitro benzene ring substituents is 1. The summed E-state index contributed by atoms with van der Waals surface area (Å²) in [6.07, 6.45) is 5.73. The van der Waals surface area contributed by atoms with E-state index >= 15 is 0 Å². The summed E-state index contributed by atoms with van der Waals surface area (Å²) in [6, 6.07) is 6.50.